The van der Waals surface area contributed by atoms with Crippen LogP contribution in [-0.2, 0) is 4.79 Å². The molecule has 142 valence electrons. The lowest BCUT2D eigenvalue weighted by Gasteiger charge is -2.35. The molecule has 0 unspecified atom stereocenters. The Hall–Kier alpha value is -2.44. The van der Waals surface area contributed by atoms with Crippen molar-refractivity contribution in [2.75, 3.05) is 56.2 Å². The third-order valence-corrected chi connectivity index (χ3v) is 4.97. The summed E-state index contributed by atoms with van der Waals surface area (Å²) in [5.41, 5.74) is 1.85. The minimum absolute atomic E-state index is 0.0251. The molecule has 2 heterocycles. The molecule has 2 aromatic rings. The Kier molecular flexibility index (Phi) is 5.36. The number of hydrogen-bond donors (Lipinski definition) is 1. The van der Waals surface area contributed by atoms with Crippen LogP contribution in [0, 0.1) is 0 Å². The van der Waals surface area contributed by atoms with Crippen molar-refractivity contribution in [1.82, 2.24) is 4.90 Å². The fourth-order valence-electron chi connectivity index (χ4n) is 3.36. The molecule has 0 bridgehead atoms. The van der Waals surface area contributed by atoms with Crippen molar-refractivity contribution in [3.05, 3.63) is 47.5 Å². The Labute approximate surface area is 163 Å². The van der Waals surface area contributed by atoms with E-state index >= 15 is 0 Å². The fraction of sp³-hybridized carbons (Fsp3) is 0.350. The van der Waals surface area contributed by atoms with E-state index in [1.807, 2.05) is 36.4 Å². The lowest BCUT2D eigenvalue weighted by Crippen LogP contribution is -2.48. The number of carbonyl (C=O) groups excluding carboxylic acids is 1. The van der Waals surface area contributed by atoms with Gasteiger partial charge in [0.05, 0.1) is 6.54 Å². The number of piperazine rings is 1. The summed E-state index contributed by atoms with van der Waals surface area (Å²) in [7, 11) is 0. The van der Waals surface area contributed by atoms with Gasteiger partial charge in [-0.1, -0.05) is 17.7 Å². The predicted octanol–water partition coefficient (Wildman–Crippen LogP) is 2.87. The molecule has 0 spiro atoms. The molecule has 1 N–H and O–H groups in total. The van der Waals surface area contributed by atoms with Crippen molar-refractivity contribution in [1.29, 1.82) is 0 Å². The molecule has 7 heteroatoms. The molecule has 4 rings (SSSR count). The van der Waals surface area contributed by atoms with Crippen LogP contribution < -0.4 is 19.7 Å². The second kappa shape index (κ2) is 8.06. The number of rotatable bonds is 4. The molecule has 0 saturated carbocycles. The molecule has 0 atom stereocenters. The number of fused-ring (bicyclic) bond motifs is 1. The van der Waals surface area contributed by atoms with E-state index in [0.29, 0.717) is 25.5 Å². The standard InChI is InChI=1S/C20H22ClN3O3/c21-15-2-1-3-17(12-15)24-8-6-23(7-9-24)14-20(25)22-16-4-5-18-19(13-16)27-11-10-26-18/h1-5,12-13H,6-11,14H2,(H,22,25). The summed E-state index contributed by atoms with van der Waals surface area (Å²) in [6.07, 6.45) is 0. The van der Waals surface area contributed by atoms with Gasteiger partial charge < -0.3 is 19.7 Å². The van der Waals surface area contributed by atoms with E-state index in [-0.39, 0.29) is 5.91 Å². The molecule has 6 nitrogen and oxygen atoms in total. The van der Waals surface area contributed by atoms with Gasteiger partial charge in [-0.2, -0.15) is 0 Å². The second-order valence-corrected chi connectivity index (χ2v) is 7.09. The van der Waals surface area contributed by atoms with E-state index in [2.05, 4.69) is 21.2 Å². The van der Waals surface area contributed by atoms with Gasteiger partial charge in [0.1, 0.15) is 13.2 Å². The average Bonchev–Trinajstić information content (AvgIpc) is 2.68. The fourth-order valence-corrected chi connectivity index (χ4v) is 3.55. The van der Waals surface area contributed by atoms with E-state index in [4.69, 9.17) is 21.1 Å². The van der Waals surface area contributed by atoms with Gasteiger partial charge in [-0.15, -0.1) is 0 Å². The monoisotopic (exact) mass is 387 g/mol. The normalized spacial score (nSPS) is 16.9. The van der Waals surface area contributed by atoms with Gasteiger partial charge in [0.15, 0.2) is 11.5 Å². The van der Waals surface area contributed by atoms with Crippen molar-refractivity contribution in [2.24, 2.45) is 0 Å². The van der Waals surface area contributed by atoms with Crippen molar-refractivity contribution in [2.45, 2.75) is 0 Å². The SMILES string of the molecule is O=C(CN1CCN(c2cccc(Cl)c2)CC1)Nc1ccc2c(c1)OCCO2. The Balaban J connectivity index is 1.28. The summed E-state index contributed by atoms with van der Waals surface area (Å²) in [6, 6.07) is 13.4. The molecule has 1 saturated heterocycles. The number of ether oxygens (including phenoxy) is 2. The maximum atomic E-state index is 12.4. The van der Waals surface area contributed by atoms with Crippen molar-refractivity contribution in [3.63, 3.8) is 0 Å². The Bertz CT molecular complexity index is 822. The minimum atomic E-state index is -0.0251. The quantitative estimate of drug-likeness (QED) is 0.874. The van der Waals surface area contributed by atoms with Crippen molar-refractivity contribution < 1.29 is 14.3 Å². The molecular formula is C20H22ClN3O3. The van der Waals surface area contributed by atoms with Gasteiger partial charge in [0.2, 0.25) is 5.91 Å². The van der Waals surface area contributed by atoms with Gasteiger partial charge in [-0.25, -0.2) is 0 Å². The van der Waals surface area contributed by atoms with Crippen LogP contribution in [0.25, 0.3) is 0 Å². The van der Waals surface area contributed by atoms with Crippen LogP contribution >= 0.6 is 11.6 Å². The highest BCUT2D eigenvalue weighted by atomic mass is 35.5. The minimum Gasteiger partial charge on any atom is -0.486 e. The number of nitrogens with one attached hydrogen (secondary N) is 1. The maximum Gasteiger partial charge on any atom is 0.238 e. The van der Waals surface area contributed by atoms with E-state index in [9.17, 15) is 4.79 Å². The van der Waals surface area contributed by atoms with Gasteiger partial charge >= 0.3 is 0 Å². The third kappa shape index (κ3) is 4.46. The molecule has 0 radical (unpaired) electrons. The summed E-state index contributed by atoms with van der Waals surface area (Å²) < 4.78 is 11.1. The number of benzene rings is 2. The number of carbonyl (C=O) groups is 1. The molecule has 1 amide bonds. The molecule has 27 heavy (non-hydrogen) atoms. The van der Waals surface area contributed by atoms with Crippen LogP contribution in [0.2, 0.25) is 5.02 Å². The van der Waals surface area contributed by atoms with E-state index in [1.54, 1.807) is 0 Å². The number of amides is 1. The first kappa shape index (κ1) is 17.9. The molecule has 2 aliphatic heterocycles. The zero-order valence-electron chi connectivity index (χ0n) is 15.0. The Morgan fingerprint density at radius 3 is 2.56 bits per heavy atom. The van der Waals surface area contributed by atoms with Gasteiger partial charge in [0, 0.05) is 48.6 Å². The summed E-state index contributed by atoms with van der Waals surface area (Å²) in [5, 5.41) is 3.69. The summed E-state index contributed by atoms with van der Waals surface area (Å²) >= 11 is 6.08. The van der Waals surface area contributed by atoms with Gasteiger partial charge in [0.25, 0.3) is 0 Å². The number of halogens is 1. The largest absolute Gasteiger partial charge is 0.486 e. The average molecular weight is 388 g/mol. The molecule has 0 aromatic heterocycles. The molecule has 2 aliphatic rings. The third-order valence-electron chi connectivity index (χ3n) is 4.74. The molecule has 1 fully saturated rings. The first-order chi connectivity index (χ1) is 13.2. The Morgan fingerprint density at radius 1 is 1.00 bits per heavy atom. The predicted molar refractivity (Wildman–Crippen MR) is 106 cm³/mol. The zero-order chi connectivity index (χ0) is 18.6. The number of nitrogens with zero attached hydrogens (tertiary/aromatic N) is 2. The lowest BCUT2D eigenvalue weighted by molar-refractivity contribution is -0.117. The van der Waals surface area contributed by atoms with Crippen LogP contribution in [0.1, 0.15) is 0 Å². The van der Waals surface area contributed by atoms with E-state index in [1.165, 1.54) is 0 Å². The number of anilines is 2. The molecule has 0 aliphatic carbocycles. The summed E-state index contributed by atoms with van der Waals surface area (Å²) in [5.74, 6) is 1.37. The highest BCUT2D eigenvalue weighted by Crippen LogP contribution is 2.32. The highest BCUT2D eigenvalue weighted by molar-refractivity contribution is 6.30. The first-order valence-electron chi connectivity index (χ1n) is 9.10. The van der Waals surface area contributed by atoms with E-state index in [0.717, 1.165) is 48.3 Å². The van der Waals surface area contributed by atoms with Crippen LogP contribution in [0.4, 0.5) is 11.4 Å². The summed E-state index contributed by atoms with van der Waals surface area (Å²) in [4.78, 5) is 16.8. The Morgan fingerprint density at radius 2 is 1.78 bits per heavy atom. The number of hydrogen-bond acceptors (Lipinski definition) is 5. The van der Waals surface area contributed by atoms with Gasteiger partial charge in [-0.3, -0.25) is 9.69 Å². The second-order valence-electron chi connectivity index (χ2n) is 6.65. The topological polar surface area (TPSA) is 54.0 Å². The van der Waals surface area contributed by atoms with Crippen LogP contribution in [0.15, 0.2) is 42.5 Å². The van der Waals surface area contributed by atoms with Gasteiger partial charge in [-0.05, 0) is 30.3 Å². The van der Waals surface area contributed by atoms with Crippen molar-refractivity contribution >= 4 is 28.9 Å². The van der Waals surface area contributed by atoms with Crippen LogP contribution in [-0.4, -0.2) is 56.7 Å². The van der Waals surface area contributed by atoms with E-state index < -0.39 is 0 Å². The summed E-state index contributed by atoms with van der Waals surface area (Å²) in [6.45, 7) is 4.87. The molecule has 2 aromatic carbocycles. The van der Waals surface area contributed by atoms with Crippen molar-refractivity contribution in [3.8, 4) is 11.5 Å². The smallest absolute Gasteiger partial charge is 0.238 e. The van der Waals surface area contributed by atoms with Crippen LogP contribution in [0.3, 0.4) is 0 Å². The first-order valence-corrected chi connectivity index (χ1v) is 9.47. The maximum absolute atomic E-state index is 12.4. The van der Waals surface area contributed by atoms with Crippen LogP contribution in [0.5, 0.6) is 11.5 Å². The zero-order valence-corrected chi connectivity index (χ0v) is 15.7. The highest BCUT2D eigenvalue weighted by Gasteiger charge is 2.20. The lowest BCUT2D eigenvalue weighted by atomic mass is 10.2. The molecular weight excluding hydrogens is 366 g/mol.